The van der Waals surface area contributed by atoms with Gasteiger partial charge in [0, 0.05) is 25.1 Å². The van der Waals surface area contributed by atoms with Crippen molar-refractivity contribution >= 4 is 23.3 Å². The van der Waals surface area contributed by atoms with Crippen LogP contribution in [-0.2, 0) is 4.79 Å². The van der Waals surface area contributed by atoms with Crippen LogP contribution in [0, 0.1) is 16.0 Å². The quantitative estimate of drug-likeness (QED) is 0.629. The second-order valence-electron chi connectivity index (χ2n) is 4.93. The van der Waals surface area contributed by atoms with Crippen molar-refractivity contribution in [3.8, 4) is 0 Å². The molecule has 8 heteroatoms. The number of aromatic carboxylic acids is 1. The molecular formula is C13H15N3O5. The highest BCUT2D eigenvalue weighted by Gasteiger charge is 2.27. The van der Waals surface area contributed by atoms with Crippen molar-refractivity contribution in [2.75, 3.05) is 18.0 Å². The van der Waals surface area contributed by atoms with Crippen LogP contribution in [0.15, 0.2) is 18.2 Å². The van der Waals surface area contributed by atoms with Crippen LogP contribution in [0.4, 0.5) is 11.4 Å². The van der Waals surface area contributed by atoms with Crippen molar-refractivity contribution in [1.29, 1.82) is 0 Å². The maximum absolute atomic E-state index is 11.1. The smallest absolute Gasteiger partial charge is 0.335 e. The molecular weight excluding hydrogens is 278 g/mol. The Bertz CT molecular complexity index is 593. The van der Waals surface area contributed by atoms with Gasteiger partial charge in [-0.25, -0.2) is 4.79 Å². The van der Waals surface area contributed by atoms with E-state index in [0.717, 1.165) is 0 Å². The number of carbonyl (C=O) groups is 2. The zero-order valence-electron chi connectivity index (χ0n) is 11.2. The summed E-state index contributed by atoms with van der Waals surface area (Å²) in [5.74, 6) is -1.75. The number of amides is 1. The number of nitro groups is 1. The SMILES string of the molecule is NC(=O)C1CCN(c2cc(C(=O)O)ccc2[N+](=O)[O-])CC1. The van der Waals surface area contributed by atoms with Gasteiger partial charge in [0.05, 0.1) is 10.5 Å². The molecule has 1 saturated heterocycles. The van der Waals surface area contributed by atoms with Crippen molar-refractivity contribution in [3.05, 3.63) is 33.9 Å². The predicted molar refractivity (Wildman–Crippen MR) is 74.2 cm³/mol. The third kappa shape index (κ3) is 3.10. The van der Waals surface area contributed by atoms with Crippen LogP contribution < -0.4 is 10.6 Å². The zero-order valence-corrected chi connectivity index (χ0v) is 11.2. The molecule has 0 saturated carbocycles. The molecule has 1 amide bonds. The van der Waals surface area contributed by atoms with Gasteiger partial charge in [0.15, 0.2) is 0 Å². The average molecular weight is 293 g/mol. The summed E-state index contributed by atoms with van der Waals surface area (Å²) in [5.41, 5.74) is 5.37. The normalized spacial score (nSPS) is 15.7. The third-order valence-electron chi connectivity index (χ3n) is 3.66. The van der Waals surface area contributed by atoms with Gasteiger partial charge in [-0.3, -0.25) is 14.9 Å². The monoisotopic (exact) mass is 293 g/mol. The minimum atomic E-state index is -1.14. The fourth-order valence-electron chi connectivity index (χ4n) is 2.47. The molecule has 0 radical (unpaired) electrons. The van der Waals surface area contributed by atoms with Gasteiger partial charge < -0.3 is 15.7 Å². The van der Waals surface area contributed by atoms with E-state index in [1.165, 1.54) is 18.2 Å². The van der Waals surface area contributed by atoms with Crippen LogP contribution >= 0.6 is 0 Å². The number of carboxylic acid groups (broad SMARTS) is 1. The largest absolute Gasteiger partial charge is 0.478 e. The first-order valence-electron chi connectivity index (χ1n) is 6.46. The molecule has 0 atom stereocenters. The lowest BCUT2D eigenvalue weighted by Crippen LogP contribution is -2.38. The number of carbonyl (C=O) groups excluding carboxylic acids is 1. The number of nitrogens with two attached hydrogens (primary N) is 1. The summed E-state index contributed by atoms with van der Waals surface area (Å²) in [6.07, 6.45) is 1.01. The van der Waals surface area contributed by atoms with Gasteiger partial charge in [-0.05, 0) is 25.0 Å². The van der Waals surface area contributed by atoms with Crippen LogP contribution in [-0.4, -0.2) is 35.0 Å². The Labute approximate surface area is 120 Å². The molecule has 8 nitrogen and oxygen atoms in total. The van der Waals surface area contributed by atoms with Crippen molar-refractivity contribution in [2.24, 2.45) is 11.7 Å². The molecule has 3 N–H and O–H groups in total. The molecule has 0 aromatic heterocycles. The number of hydrogen-bond acceptors (Lipinski definition) is 5. The van der Waals surface area contributed by atoms with E-state index in [-0.39, 0.29) is 28.8 Å². The molecule has 0 spiro atoms. The van der Waals surface area contributed by atoms with Gasteiger partial charge in [0.25, 0.3) is 5.69 Å². The van der Waals surface area contributed by atoms with Gasteiger partial charge in [0.1, 0.15) is 5.69 Å². The first kappa shape index (κ1) is 14.8. The number of anilines is 1. The van der Waals surface area contributed by atoms with Crippen LogP contribution in [0.1, 0.15) is 23.2 Å². The minimum Gasteiger partial charge on any atom is -0.478 e. The molecule has 21 heavy (non-hydrogen) atoms. The van der Waals surface area contributed by atoms with Gasteiger partial charge in [-0.2, -0.15) is 0 Å². The topological polar surface area (TPSA) is 127 Å². The lowest BCUT2D eigenvalue weighted by molar-refractivity contribution is -0.384. The van der Waals surface area contributed by atoms with E-state index in [2.05, 4.69) is 0 Å². The number of carboxylic acids is 1. The van der Waals surface area contributed by atoms with E-state index in [0.29, 0.717) is 25.9 Å². The van der Waals surface area contributed by atoms with Crippen molar-refractivity contribution in [2.45, 2.75) is 12.8 Å². The van der Waals surface area contributed by atoms with Crippen molar-refractivity contribution in [3.63, 3.8) is 0 Å². The van der Waals surface area contributed by atoms with E-state index in [9.17, 15) is 19.7 Å². The summed E-state index contributed by atoms with van der Waals surface area (Å²) in [4.78, 5) is 34.4. The maximum Gasteiger partial charge on any atom is 0.335 e. The number of primary amides is 1. The Morgan fingerprint density at radius 2 is 1.95 bits per heavy atom. The number of benzene rings is 1. The van der Waals surface area contributed by atoms with Crippen LogP contribution in [0.3, 0.4) is 0 Å². The number of nitrogens with zero attached hydrogens (tertiary/aromatic N) is 2. The summed E-state index contributed by atoms with van der Waals surface area (Å²) in [5, 5.41) is 20.1. The molecule has 1 aliphatic rings. The van der Waals surface area contributed by atoms with Crippen molar-refractivity contribution in [1.82, 2.24) is 0 Å². The predicted octanol–water partition coefficient (Wildman–Crippen LogP) is 0.995. The molecule has 1 aliphatic heterocycles. The fourth-order valence-corrected chi connectivity index (χ4v) is 2.47. The molecule has 2 rings (SSSR count). The summed E-state index contributed by atoms with van der Waals surface area (Å²) in [6.45, 7) is 0.856. The van der Waals surface area contributed by atoms with Gasteiger partial charge >= 0.3 is 5.97 Å². The van der Waals surface area contributed by atoms with Crippen LogP contribution in [0.5, 0.6) is 0 Å². The second kappa shape index (κ2) is 5.78. The third-order valence-corrected chi connectivity index (χ3v) is 3.66. The summed E-state index contributed by atoms with van der Waals surface area (Å²) < 4.78 is 0. The molecule has 0 aliphatic carbocycles. The molecule has 1 fully saturated rings. The van der Waals surface area contributed by atoms with Gasteiger partial charge in [-0.15, -0.1) is 0 Å². The molecule has 112 valence electrons. The minimum absolute atomic E-state index is 0.00683. The van der Waals surface area contributed by atoms with E-state index >= 15 is 0 Å². The zero-order chi connectivity index (χ0) is 15.6. The fraction of sp³-hybridized carbons (Fsp3) is 0.385. The van der Waals surface area contributed by atoms with E-state index in [4.69, 9.17) is 10.8 Å². The number of hydrogen-bond donors (Lipinski definition) is 2. The Balaban J connectivity index is 2.29. The second-order valence-corrected chi connectivity index (χ2v) is 4.93. The highest BCUT2D eigenvalue weighted by molar-refractivity contribution is 5.90. The molecule has 1 aromatic rings. The highest BCUT2D eigenvalue weighted by Crippen LogP contribution is 2.32. The standard InChI is InChI=1S/C13H15N3O5/c14-12(17)8-3-5-15(6-4-8)11-7-9(13(18)19)1-2-10(11)16(20)21/h1-2,7-8H,3-6H2,(H2,14,17)(H,18,19). The Morgan fingerprint density at radius 3 is 2.43 bits per heavy atom. The van der Waals surface area contributed by atoms with Crippen molar-refractivity contribution < 1.29 is 19.6 Å². The van der Waals surface area contributed by atoms with E-state index < -0.39 is 10.9 Å². The lowest BCUT2D eigenvalue weighted by Gasteiger charge is -2.32. The number of piperidine rings is 1. The highest BCUT2D eigenvalue weighted by atomic mass is 16.6. The number of rotatable bonds is 4. The maximum atomic E-state index is 11.1. The summed E-state index contributed by atoms with van der Waals surface area (Å²) in [7, 11) is 0. The Kier molecular flexibility index (Phi) is 4.06. The first-order valence-corrected chi connectivity index (χ1v) is 6.46. The molecule has 0 bridgehead atoms. The molecule has 0 unspecified atom stereocenters. The first-order chi connectivity index (χ1) is 9.90. The summed E-state index contributed by atoms with van der Waals surface area (Å²) >= 11 is 0. The number of nitro benzene ring substituents is 1. The van der Waals surface area contributed by atoms with E-state index in [1.807, 2.05) is 0 Å². The molecule has 1 aromatic carbocycles. The Hall–Kier alpha value is -2.64. The lowest BCUT2D eigenvalue weighted by atomic mass is 9.95. The van der Waals surface area contributed by atoms with Gasteiger partial charge in [0.2, 0.25) is 5.91 Å². The van der Waals surface area contributed by atoms with Crippen LogP contribution in [0.25, 0.3) is 0 Å². The van der Waals surface area contributed by atoms with Crippen LogP contribution in [0.2, 0.25) is 0 Å². The van der Waals surface area contributed by atoms with Gasteiger partial charge in [-0.1, -0.05) is 0 Å². The van der Waals surface area contributed by atoms with E-state index in [1.54, 1.807) is 4.90 Å². The Morgan fingerprint density at radius 1 is 1.33 bits per heavy atom. The summed E-state index contributed by atoms with van der Waals surface area (Å²) in [6, 6.07) is 3.70. The molecule has 1 heterocycles. The average Bonchev–Trinajstić information content (AvgIpc) is 2.46.